The fraction of sp³-hybridized carbons (Fsp3) is 0.417. The molecule has 0 spiro atoms. The first-order valence-electron chi connectivity index (χ1n) is 5.74. The van der Waals surface area contributed by atoms with E-state index in [2.05, 4.69) is 4.98 Å². The largest absolute Gasteiger partial charge is 0.478 e. The van der Waals surface area contributed by atoms with Gasteiger partial charge in [-0.25, -0.2) is 14.6 Å². The molecular weight excluding hydrogens is 250 g/mol. The minimum Gasteiger partial charge on any atom is -0.478 e. The van der Waals surface area contributed by atoms with Gasteiger partial charge in [0.25, 0.3) is 0 Å². The maximum Gasteiger partial charge on any atom is 0.416 e. The number of hydrogen-bond acceptors (Lipinski definition) is 4. The predicted molar refractivity (Wildman–Crippen MR) is 67.7 cm³/mol. The van der Waals surface area contributed by atoms with Crippen LogP contribution in [0, 0.1) is 0 Å². The number of nitrogens with zero attached hydrogens (tertiary/aromatic N) is 3. The summed E-state index contributed by atoms with van der Waals surface area (Å²) in [5, 5.41) is 9.05. The van der Waals surface area contributed by atoms with Gasteiger partial charge in [0.05, 0.1) is 18.3 Å². The Hall–Kier alpha value is -2.31. The number of aliphatic carboxylic acids is 1. The summed E-state index contributed by atoms with van der Waals surface area (Å²) in [7, 11) is 0. The number of hydrogen-bond donors (Lipinski definition) is 1. The van der Waals surface area contributed by atoms with Crippen LogP contribution < -0.4 is 4.90 Å². The molecule has 1 aliphatic heterocycles. The van der Waals surface area contributed by atoms with Crippen LogP contribution in [-0.4, -0.2) is 38.9 Å². The molecule has 0 saturated heterocycles. The van der Waals surface area contributed by atoms with E-state index < -0.39 is 17.7 Å². The Morgan fingerprint density at radius 2 is 2.11 bits per heavy atom. The Balaban J connectivity index is 2.31. The number of carboxylic acids is 1. The van der Waals surface area contributed by atoms with Crippen LogP contribution in [0.15, 0.2) is 18.1 Å². The van der Waals surface area contributed by atoms with Crippen molar-refractivity contribution >= 4 is 24.1 Å². The first kappa shape index (κ1) is 13.1. The van der Waals surface area contributed by atoms with Gasteiger partial charge >= 0.3 is 12.1 Å². The lowest BCUT2D eigenvalue weighted by Crippen LogP contribution is -2.41. The van der Waals surface area contributed by atoms with Crippen LogP contribution in [-0.2, 0) is 9.53 Å². The molecular formula is C12H15N3O4. The number of anilines is 1. The second-order valence-corrected chi connectivity index (χ2v) is 5.19. The summed E-state index contributed by atoms with van der Waals surface area (Å²) < 4.78 is 6.74. The number of imidazole rings is 1. The summed E-state index contributed by atoms with van der Waals surface area (Å²) in [5.41, 5.74) is -0.552. The zero-order valence-electron chi connectivity index (χ0n) is 11.0. The number of fused-ring (bicyclic) bond motifs is 1. The minimum atomic E-state index is -1.08. The molecule has 19 heavy (non-hydrogen) atoms. The molecule has 102 valence electrons. The lowest BCUT2D eigenvalue weighted by Gasteiger charge is -2.29. The maximum absolute atomic E-state index is 12.1. The molecule has 2 heterocycles. The average Bonchev–Trinajstić information content (AvgIpc) is 2.72. The van der Waals surface area contributed by atoms with Crippen molar-refractivity contribution in [2.24, 2.45) is 0 Å². The van der Waals surface area contributed by atoms with Gasteiger partial charge in [0, 0.05) is 6.20 Å². The van der Waals surface area contributed by atoms with Crippen molar-refractivity contribution in [2.45, 2.75) is 26.4 Å². The third-order valence-electron chi connectivity index (χ3n) is 2.43. The highest BCUT2D eigenvalue weighted by Gasteiger charge is 2.30. The van der Waals surface area contributed by atoms with Gasteiger partial charge in [-0.15, -0.1) is 0 Å². The number of amides is 1. The SMILES string of the molecule is CC(C)(C)OC(=O)N1CC(C(=O)O)=Cn2cncc21. The summed E-state index contributed by atoms with van der Waals surface area (Å²) in [4.78, 5) is 28.3. The number of aromatic nitrogens is 2. The molecule has 1 N–H and O–H groups in total. The molecule has 2 rings (SSSR count). The van der Waals surface area contributed by atoms with E-state index in [4.69, 9.17) is 9.84 Å². The maximum atomic E-state index is 12.1. The molecule has 0 atom stereocenters. The van der Waals surface area contributed by atoms with Crippen molar-refractivity contribution in [1.29, 1.82) is 0 Å². The second kappa shape index (κ2) is 4.42. The van der Waals surface area contributed by atoms with Gasteiger partial charge in [0.15, 0.2) is 0 Å². The van der Waals surface area contributed by atoms with Gasteiger partial charge < -0.3 is 9.84 Å². The molecule has 0 saturated carbocycles. The van der Waals surface area contributed by atoms with E-state index in [9.17, 15) is 9.59 Å². The Labute approximate surface area is 110 Å². The monoisotopic (exact) mass is 265 g/mol. The fourth-order valence-electron chi connectivity index (χ4n) is 1.66. The van der Waals surface area contributed by atoms with Crippen LogP contribution in [0.1, 0.15) is 20.8 Å². The van der Waals surface area contributed by atoms with Crippen molar-refractivity contribution < 1.29 is 19.4 Å². The fourth-order valence-corrected chi connectivity index (χ4v) is 1.66. The van der Waals surface area contributed by atoms with Gasteiger partial charge in [-0.1, -0.05) is 0 Å². The van der Waals surface area contributed by atoms with E-state index in [-0.39, 0.29) is 12.1 Å². The Bertz CT molecular complexity index is 554. The summed E-state index contributed by atoms with van der Waals surface area (Å²) in [6, 6.07) is 0. The van der Waals surface area contributed by atoms with E-state index in [1.54, 1.807) is 20.8 Å². The van der Waals surface area contributed by atoms with Crippen LogP contribution >= 0.6 is 0 Å². The van der Waals surface area contributed by atoms with E-state index in [1.165, 1.54) is 28.2 Å². The lowest BCUT2D eigenvalue weighted by molar-refractivity contribution is -0.132. The molecule has 7 heteroatoms. The first-order valence-corrected chi connectivity index (χ1v) is 5.74. The second-order valence-electron chi connectivity index (χ2n) is 5.19. The Morgan fingerprint density at radius 3 is 2.68 bits per heavy atom. The van der Waals surface area contributed by atoms with Gasteiger partial charge in [-0.2, -0.15) is 0 Å². The number of carbonyl (C=O) groups is 2. The predicted octanol–water partition coefficient (Wildman–Crippen LogP) is 1.56. The smallest absolute Gasteiger partial charge is 0.416 e. The zero-order valence-corrected chi connectivity index (χ0v) is 11.0. The number of rotatable bonds is 1. The summed E-state index contributed by atoms with van der Waals surface area (Å²) in [5.74, 6) is -0.591. The van der Waals surface area contributed by atoms with Crippen LogP contribution in [0.2, 0.25) is 0 Å². The third kappa shape index (κ3) is 2.75. The Morgan fingerprint density at radius 1 is 1.42 bits per heavy atom. The topological polar surface area (TPSA) is 84.7 Å². The van der Waals surface area contributed by atoms with Gasteiger partial charge in [-0.3, -0.25) is 9.47 Å². The molecule has 0 radical (unpaired) electrons. The Kier molecular flexibility index (Phi) is 3.05. The summed E-state index contributed by atoms with van der Waals surface area (Å²) in [6.45, 7) is 5.20. The minimum absolute atomic E-state index is 0.0457. The van der Waals surface area contributed by atoms with Gasteiger partial charge in [0.1, 0.15) is 17.7 Å². The molecule has 1 amide bonds. The van der Waals surface area contributed by atoms with E-state index in [0.29, 0.717) is 5.82 Å². The number of carbonyl (C=O) groups excluding carboxylic acids is 1. The molecule has 7 nitrogen and oxygen atoms in total. The highest BCUT2D eigenvalue weighted by molar-refractivity contribution is 5.97. The summed E-state index contributed by atoms with van der Waals surface area (Å²) >= 11 is 0. The standard InChI is InChI=1S/C12H15N3O4/c1-12(2,3)19-11(18)15-6-8(10(16)17)5-14-7-13-4-9(14)15/h4-5,7H,6H2,1-3H3,(H,16,17). The van der Waals surface area contributed by atoms with E-state index in [0.717, 1.165) is 0 Å². The molecule has 1 aliphatic rings. The first-order chi connectivity index (χ1) is 8.78. The van der Waals surface area contributed by atoms with Gasteiger partial charge in [-0.05, 0) is 20.8 Å². The van der Waals surface area contributed by atoms with Crippen molar-refractivity contribution in [3.63, 3.8) is 0 Å². The molecule has 0 bridgehead atoms. The van der Waals surface area contributed by atoms with Crippen molar-refractivity contribution in [2.75, 3.05) is 11.4 Å². The summed E-state index contributed by atoms with van der Waals surface area (Å²) in [6.07, 6.45) is 3.76. The average molecular weight is 265 g/mol. The molecule has 1 aromatic heterocycles. The normalized spacial score (nSPS) is 14.7. The van der Waals surface area contributed by atoms with Crippen LogP contribution in [0.3, 0.4) is 0 Å². The van der Waals surface area contributed by atoms with Crippen LogP contribution in [0.25, 0.3) is 6.20 Å². The number of ether oxygens (including phenoxy) is 1. The highest BCUT2D eigenvalue weighted by Crippen LogP contribution is 2.24. The third-order valence-corrected chi connectivity index (χ3v) is 2.43. The van der Waals surface area contributed by atoms with Crippen molar-refractivity contribution in [3.05, 3.63) is 18.1 Å². The van der Waals surface area contributed by atoms with Crippen LogP contribution in [0.5, 0.6) is 0 Å². The molecule has 0 fully saturated rings. The van der Waals surface area contributed by atoms with E-state index >= 15 is 0 Å². The highest BCUT2D eigenvalue weighted by atomic mass is 16.6. The molecule has 0 unspecified atom stereocenters. The van der Waals surface area contributed by atoms with Gasteiger partial charge in [0.2, 0.25) is 0 Å². The van der Waals surface area contributed by atoms with Crippen molar-refractivity contribution in [1.82, 2.24) is 9.55 Å². The molecule has 0 aliphatic carbocycles. The zero-order chi connectivity index (χ0) is 14.2. The quantitative estimate of drug-likeness (QED) is 0.833. The van der Waals surface area contributed by atoms with Crippen LogP contribution in [0.4, 0.5) is 10.6 Å². The molecule has 0 aromatic carbocycles. The van der Waals surface area contributed by atoms with E-state index in [1.807, 2.05) is 0 Å². The lowest BCUT2D eigenvalue weighted by atomic mass is 10.2. The van der Waals surface area contributed by atoms with Crippen molar-refractivity contribution in [3.8, 4) is 0 Å². The number of carboxylic acid groups (broad SMARTS) is 1. The molecule has 1 aromatic rings.